The number of ether oxygens (including phenoxy) is 1. The van der Waals surface area contributed by atoms with Gasteiger partial charge in [-0.2, -0.15) is 0 Å². The summed E-state index contributed by atoms with van der Waals surface area (Å²) in [4.78, 5) is 14.8. The molecule has 168 valence electrons. The van der Waals surface area contributed by atoms with E-state index in [0.29, 0.717) is 0 Å². The van der Waals surface area contributed by atoms with E-state index in [1.807, 2.05) is 12.1 Å². The third-order valence-electron chi connectivity index (χ3n) is 6.09. The summed E-state index contributed by atoms with van der Waals surface area (Å²) in [5.41, 5.74) is 1.27. The van der Waals surface area contributed by atoms with Crippen molar-refractivity contribution >= 4 is 11.6 Å². The normalized spacial score (nSPS) is 19.2. The lowest BCUT2D eigenvalue weighted by atomic mass is 10.2. The minimum absolute atomic E-state index is 0.909. The van der Waals surface area contributed by atoms with Crippen LogP contribution < -0.4 is 15.0 Å². The van der Waals surface area contributed by atoms with Gasteiger partial charge >= 0.3 is 0 Å². The van der Waals surface area contributed by atoms with E-state index in [9.17, 15) is 0 Å². The average molecular weight is 417 g/mol. The zero-order chi connectivity index (χ0) is 21.2. The van der Waals surface area contributed by atoms with Crippen molar-refractivity contribution in [1.82, 2.24) is 20.0 Å². The molecule has 1 aromatic carbocycles. The molecule has 0 saturated carbocycles. The molecule has 2 aliphatic rings. The summed E-state index contributed by atoms with van der Waals surface area (Å²) in [6.45, 7) is 14.0. The number of nitrogens with one attached hydrogen (secondary N) is 1. The molecule has 0 spiro atoms. The maximum absolute atomic E-state index is 5.27. The number of nitrogens with zero attached hydrogens (tertiary/aromatic N) is 5. The molecule has 1 N–H and O–H groups in total. The van der Waals surface area contributed by atoms with Gasteiger partial charge in [-0.3, -0.25) is 4.99 Å². The molecule has 0 aromatic heterocycles. The number of rotatable bonds is 8. The van der Waals surface area contributed by atoms with E-state index in [0.717, 1.165) is 57.4 Å². The number of hydrogen-bond donors (Lipinski definition) is 1. The number of piperazine rings is 2. The van der Waals surface area contributed by atoms with Crippen molar-refractivity contribution in [3.8, 4) is 5.75 Å². The summed E-state index contributed by atoms with van der Waals surface area (Å²) < 4.78 is 5.27. The Labute approximate surface area is 182 Å². The second-order valence-electron chi connectivity index (χ2n) is 8.26. The van der Waals surface area contributed by atoms with Crippen molar-refractivity contribution in [2.24, 2.45) is 4.99 Å². The maximum Gasteiger partial charge on any atom is 0.194 e. The van der Waals surface area contributed by atoms with E-state index in [-0.39, 0.29) is 0 Å². The maximum atomic E-state index is 5.27. The van der Waals surface area contributed by atoms with Crippen LogP contribution in [-0.2, 0) is 0 Å². The number of likely N-dealkylation sites (N-methyl/N-ethyl adjacent to an activating group) is 1. The standard InChI is InChI=1S/C23H40N6O/c1-4-24-23(25-11-5-6-12-27-15-13-26(2)14-16-27)29-19-17-28(18-20-29)21-7-9-22(30-3)10-8-21/h7-10H,4-6,11-20H2,1-3H3,(H,24,25). The van der Waals surface area contributed by atoms with Crippen molar-refractivity contribution in [2.75, 3.05) is 91.0 Å². The molecule has 0 bridgehead atoms. The van der Waals surface area contributed by atoms with E-state index in [1.165, 1.54) is 44.8 Å². The summed E-state index contributed by atoms with van der Waals surface area (Å²) >= 11 is 0. The lowest BCUT2D eigenvalue weighted by Crippen LogP contribution is -2.52. The smallest absolute Gasteiger partial charge is 0.194 e. The molecule has 3 rings (SSSR count). The van der Waals surface area contributed by atoms with Crippen molar-refractivity contribution < 1.29 is 4.74 Å². The van der Waals surface area contributed by atoms with Gasteiger partial charge < -0.3 is 29.7 Å². The van der Waals surface area contributed by atoms with E-state index in [2.05, 4.69) is 51.0 Å². The van der Waals surface area contributed by atoms with Gasteiger partial charge in [-0.15, -0.1) is 0 Å². The largest absolute Gasteiger partial charge is 0.497 e. The molecule has 7 nitrogen and oxygen atoms in total. The fourth-order valence-corrected chi connectivity index (χ4v) is 4.10. The van der Waals surface area contributed by atoms with Crippen LogP contribution in [0.3, 0.4) is 0 Å². The highest BCUT2D eigenvalue weighted by atomic mass is 16.5. The Morgan fingerprint density at radius 3 is 2.30 bits per heavy atom. The predicted octanol–water partition coefficient (Wildman–Crippen LogP) is 1.81. The number of methoxy groups -OCH3 is 1. The molecular weight excluding hydrogens is 376 g/mol. The van der Waals surface area contributed by atoms with Crippen LogP contribution in [0.15, 0.2) is 29.3 Å². The SMILES string of the molecule is CCNC(=NCCCCN1CCN(C)CC1)N1CCN(c2ccc(OC)cc2)CC1. The van der Waals surface area contributed by atoms with Crippen molar-refractivity contribution in [3.05, 3.63) is 24.3 Å². The summed E-state index contributed by atoms with van der Waals surface area (Å²) in [7, 11) is 3.92. The first-order valence-corrected chi connectivity index (χ1v) is 11.5. The molecule has 0 aliphatic carbocycles. The second-order valence-corrected chi connectivity index (χ2v) is 8.26. The number of benzene rings is 1. The number of unbranched alkanes of at least 4 members (excludes halogenated alkanes) is 1. The molecule has 1 aromatic rings. The molecule has 0 radical (unpaired) electrons. The number of aliphatic imine (C=N–C) groups is 1. The van der Waals surface area contributed by atoms with Gasteiger partial charge in [0.25, 0.3) is 0 Å². The Hall–Kier alpha value is -1.99. The van der Waals surface area contributed by atoms with Gasteiger partial charge in [0.1, 0.15) is 5.75 Å². The Morgan fingerprint density at radius 2 is 1.67 bits per heavy atom. The molecule has 2 fully saturated rings. The van der Waals surface area contributed by atoms with Gasteiger partial charge in [-0.25, -0.2) is 0 Å². The van der Waals surface area contributed by atoms with Gasteiger partial charge in [0.05, 0.1) is 7.11 Å². The molecule has 7 heteroatoms. The summed E-state index contributed by atoms with van der Waals surface area (Å²) in [5.74, 6) is 1.98. The lowest BCUT2D eigenvalue weighted by Gasteiger charge is -2.37. The van der Waals surface area contributed by atoms with Crippen LogP contribution in [0.25, 0.3) is 0 Å². The topological polar surface area (TPSA) is 46.6 Å². The summed E-state index contributed by atoms with van der Waals surface area (Å²) in [5, 5.41) is 3.49. The van der Waals surface area contributed by atoms with Crippen LogP contribution in [0, 0.1) is 0 Å². The van der Waals surface area contributed by atoms with E-state index < -0.39 is 0 Å². The van der Waals surface area contributed by atoms with Crippen LogP contribution >= 0.6 is 0 Å². The first-order valence-electron chi connectivity index (χ1n) is 11.5. The zero-order valence-corrected chi connectivity index (χ0v) is 19.1. The van der Waals surface area contributed by atoms with Crippen molar-refractivity contribution in [1.29, 1.82) is 0 Å². The molecule has 2 heterocycles. The highest BCUT2D eigenvalue weighted by molar-refractivity contribution is 5.80. The van der Waals surface area contributed by atoms with Gasteiger partial charge in [-0.1, -0.05) is 0 Å². The van der Waals surface area contributed by atoms with Gasteiger partial charge in [0.15, 0.2) is 5.96 Å². The van der Waals surface area contributed by atoms with Gasteiger partial charge in [0, 0.05) is 71.1 Å². The molecule has 0 unspecified atom stereocenters. The Morgan fingerprint density at radius 1 is 0.967 bits per heavy atom. The van der Waals surface area contributed by atoms with Crippen LogP contribution in [0.5, 0.6) is 5.75 Å². The van der Waals surface area contributed by atoms with E-state index in [1.54, 1.807) is 7.11 Å². The highest BCUT2D eigenvalue weighted by Gasteiger charge is 2.20. The first-order chi connectivity index (χ1) is 14.7. The number of guanidine groups is 1. The van der Waals surface area contributed by atoms with Gasteiger partial charge in [-0.05, 0) is 57.6 Å². The molecule has 30 heavy (non-hydrogen) atoms. The Bertz CT molecular complexity index is 634. The summed E-state index contributed by atoms with van der Waals surface area (Å²) in [6, 6.07) is 8.37. The molecule has 2 aliphatic heterocycles. The molecule has 0 amide bonds. The van der Waals surface area contributed by atoms with Gasteiger partial charge in [0.2, 0.25) is 0 Å². The van der Waals surface area contributed by atoms with Crippen LogP contribution in [-0.4, -0.2) is 107 Å². The third kappa shape index (κ3) is 6.77. The number of anilines is 1. The minimum atomic E-state index is 0.909. The average Bonchev–Trinajstić information content (AvgIpc) is 2.79. The lowest BCUT2D eigenvalue weighted by molar-refractivity contribution is 0.152. The fourth-order valence-electron chi connectivity index (χ4n) is 4.10. The quantitative estimate of drug-likeness (QED) is 0.396. The monoisotopic (exact) mass is 416 g/mol. The van der Waals surface area contributed by atoms with Crippen LogP contribution in [0.2, 0.25) is 0 Å². The fraction of sp³-hybridized carbons (Fsp3) is 0.696. The van der Waals surface area contributed by atoms with Crippen LogP contribution in [0.1, 0.15) is 19.8 Å². The second kappa shape index (κ2) is 12.0. The molecule has 0 atom stereocenters. The zero-order valence-electron chi connectivity index (χ0n) is 19.1. The summed E-state index contributed by atoms with van der Waals surface area (Å²) in [6.07, 6.45) is 2.39. The van der Waals surface area contributed by atoms with Crippen molar-refractivity contribution in [2.45, 2.75) is 19.8 Å². The molecular formula is C23H40N6O. The Balaban J connectivity index is 1.40. The third-order valence-corrected chi connectivity index (χ3v) is 6.09. The van der Waals surface area contributed by atoms with Crippen LogP contribution in [0.4, 0.5) is 5.69 Å². The number of hydrogen-bond acceptors (Lipinski definition) is 5. The highest BCUT2D eigenvalue weighted by Crippen LogP contribution is 2.20. The first kappa shape index (κ1) is 22.7. The minimum Gasteiger partial charge on any atom is -0.497 e. The Kier molecular flexibility index (Phi) is 9.08. The molecule has 2 saturated heterocycles. The van der Waals surface area contributed by atoms with E-state index in [4.69, 9.17) is 9.73 Å². The van der Waals surface area contributed by atoms with E-state index >= 15 is 0 Å². The predicted molar refractivity (Wildman–Crippen MR) is 126 cm³/mol. The van der Waals surface area contributed by atoms with Crippen molar-refractivity contribution in [3.63, 3.8) is 0 Å².